The molecule has 1 aliphatic heterocycles. The van der Waals surface area contributed by atoms with Crippen molar-refractivity contribution in [2.24, 2.45) is 0 Å². The van der Waals surface area contributed by atoms with Crippen LogP contribution in [0, 0.1) is 0 Å². The lowest BCUT2D eigenvalue weighted by atomic mass is 10.2. The lowest BCUT2D eigenvalue weighted by molar-refractivity contribution is -0.128. The Morgan fingerprint density at radius 3 is 2.70 bits per heavy atom. The predicted molar refractivity (Wildman–Crippen MR) is 105 cm³/mol. The van der Waals surface area contributed by atoms with Gasteiger partial charge in [-0.05, 0) is 6.42 Å². The van der Waals surface area contributed by atoms with Crippen molar-refractivity contribution < 1.29 is 24.2 Å². The van der Waals surface area contributed by atoms with Crippen molar-refractivity contribution in [3.8, 4) is 0 Å². The van der Waals surface area contributed by atoms with Gasteiger partial charge in [-0.1, -0.05) is 11.8 Å². The molecule has 0 saturated carbocycles. The molecule has 1 atom stereocenters. The van der Waals surface area contributed by atoms with Crippen molar-refractivity contribution in [3.63, 3.8) is 0 Å². The van der Waals surface area contributed by atoms with E-state index in [9.17, 15) is 9.59 Å². The maximum absolute atomic E-state index is 12.3. The minimum Gasteiger partial charge on any atom is -0.476 e. The summed E-state index contributed by atoms with van der Waals surface area (Å²) in [6.45, 7) is 4.36. The number of carboxylic acids is 1. The Labute approximate surface area is 167 Å². The average Bonchev–Trinajstić information content (AvgIpc) is 3.25. The van der Waals surface area contributed by atoms with E-state index in [1.54, 1.807) is 14.2 Å². The Balaban J connectivity index is 1.85. The summed E-state index contributed by atoms with van der Waals surface area (Å²) < 4.78 is 11.1. The second-order valence-corrected chi connectivity index (χ2v) is 8.42. The van der Waals surface area contributed by atoms with Gasteiger partial charge < -0.3 is 19.5 Å². The number of rotatable bonds is 13. The Kier molecular flexibility index (Phi) is 9.49. The third-order valence-electron chi connectivity index (χ3n) is 4.40. The van der Waals surface area contributed by atoms with Gasteiger partial charge in [0.2, 0.25) is 5.91 Å². The number of amides is 1. The van der Waals surface area contributed by atoms with Gasteiger partial charge in [0.15, 0.2) is 10.0 Å². The number of aromatic carboxylic acids is 1. The molecule has 0 bridgehead atoms. The molecule has 1 aromatic rings. The lowest BCUT2D eigenvalue weighted by Crippen LogP contribution is -2.44. The van der Waals surface area contributed by atoms with E-state index in [0.717, 1.165) is 30.4 Å². The van der Waals surface area contributed by atoms with Gasteiger partial charge in [0.25, 0.3) is 0 Å². The number of ether oxygens (including phenoxy) is 2. The summed E-state index contributed by atoms with van der Waals surface area (Å²) in [4.78, 5) is 31.5. The van der Waals surface area contributed by atoms with Crippen LogP contribution in [0.15, 0.2) is 9.72 Å². The third-order valence-corrected chi connectivity index (χ3v) is 6.41. The van der Waals surface area contributed by atoms with E-state index in [2.05, 4.69) is 9.88 Å². The molecule has 0 aliphatic carbocycles. The number of nitrogens with zero attached hydrogens (tertiary/aromatic N) is 3. The molecule has 2 rings (SSSR count). The van der Waals surface area contributed by atoms with Crippen LogP contribution < -0.4 is 0 Å². The number of carboxylic acid groups (broad SMARTS) is 1. The van der Waals surface area contributed by atoms with Gasteiger partial charge in [0, 0.05) is 64.0 Å². The Hall–Kier alpha value is -1.20. The van der Waals surface area contributed by atoms with Gasteiger partial charge >= 0.3 is 5.97 Å². The van der Waals surface area contributed by atoms with Crippen LogP contribution in [0.2, 0.25) is 0 Å². The molecule has 1 unspecified atom stereocenters. The zero-order valence-electron chi connectivity index (χ0n) is 15.8. The average molecular weight is 418 g/mol. The molecule has 27 heavy (non-hydrogen) atoms. The minimum absolute atomic E-state index is 0.0737. The first-order valence-corrected chi connectivity index (χ1v) is 10.7. The van der Waals surface area contributed by atoms with Gasteiger partial charge in [-0.3, -0.25) is 9.69 Å². The molecule has 1 amide bonds. The molecule has 0 radical (unpaired) electrons. The van der Waals surface area contributed by atoms with Crippen molar-refractivity contribution in [1.29, 1.82) is 0 Å². The molecule has 8 nitrogen and oxygen atoms in total. The molecule has 0 aromatic carbocycles. The number of hydrogen-bond acceptors (Lipinski definition) is 8. The molecule has 2 heterocycles. The zero-order valence-corrected chi connectivity index (χ0v) is 17.4. The van der Waals surface area contributed by atoms with Gasteiger partial charge in [-0.25, -0.2) is 9.78 Å². The summed E-state index contributed by atoms with van der Waals surface area (Å²) in [7, 11) is 3.37. The second-order valence-electron chi connectivity index (χ2n) is 6.22. The maximum Gasteiger partial charge on any atom is 0.355 e. The van der Waals surface area contributed by atoms with E-state index >= 15 is 0 Å². The summed E-state index contributed by atoms with van der Waals surface area (Å²) in [6, 6.07) is 0.192. The van der Waals surface area contributed by atoms with Crippen LogP contribution in [0.4, 0.5) is 0 Å². The highest BCUT2D eigenvalue weighted by Crippen LogP contribution is 2.25. The standard InChI is InChI=1S/C17H27N3O5S2/c1-24-8-5-19(6-9-25-2)11-13-3-4-15(21)20(13)7-10-26-17-18-14(12-27-17)16(22)23/h12-13H,3-11H2,1-2H3,(H,22,23). The molecular formula is C17H27N3O5S2. The van der Waals surface area contributed by atoms with Crippen molar-refractivity contribution in [2.45, 2.75) is 23.2 Å². The smallest absolute Gasteiger partial charge is 0.355 e. The number of hydrogen-bond donors (Lipinski definition) is 1. The number of carbonyl (C=O) groups excluding carboxylic acids is 1. The summed E-state index contributed by atoms with van der Waals surface area (Å²) >= 11 is 2.82. The number of methoxy groups -OCH3 is 2. The van der Waals surface area contributed by atoms with E-state index in [-0.39, 0.29) is 17.6 Å². The molecule has 152 valence electrons. The van der Waals surface area contributed by atoms with Gasteiger partial charge in [-0.15, -0.1) is 11.3 Å². The van der Waals surface area contributed by atoms with Gasteiger partial charge in [0.1, 0.15) is 0 Å². The maximum atomic E-state index is 12.3. The molecular weight excluding hydrogens is 390 g/mol. The molecule has 1 saturated heterocycles. The highest BCUT2D eigenvalue weighted by atomic mass is 32.2. The second kappa shape index (κ2) is 11.6. The topological polar surface area (TPSA) is 92.2 Å². The van der Waals surface area contributed by atoms with Crippen LogP contribution in [0.5, 0.6) is 0 Å². The Morgan fingerprint density at radius 1 is 1.41 bits per heavy atom. The summed E-state index contributed by atoms with van der Waals surface area (Å²) in [6.07, 6.45) is 1.44. The fraction of sp³-hybridized carbons (Fsp3) is 0.706. The van der Waals surface area contributed by atoms with Crippen LogP contribution in [-0.4, -0.2) is 97.2 Å². The Morgan fingerprint density at radius 2 is 2.11 bits per heavy atom. The summed E-state index contributed by atoms with van der Waals surface area (Å²) in [5.74, 6) is -0.130. The molecule has 1 aromatic heterocycles. The largest absolute Gasteiger partial charge is 0.476 e. The highest BCUT2D eigenvalue weighted by molar-refractivity contribution is 8.01. The van der Waals surface area contributed by atoms with E-state index in [4.69, 9.17) is 14.6 Å². The zero-order chi connectivity index (χ0) is 19.6. The van der Waals surface area contributed by atoms with E-state index in [0.29, 0.717) is 31.9 Å². The molecule has 10 heteroatoms. The Bertz CT molecular complexity index is 605. The number of aromatic nitrogens is 1. The van der Waals surface area contributed by atoms with Crippen molar-refractivity contribution in [2.75, 3.05) is 59.4 Å². The molecule has 1 aliphatic rings. The number of carbonyl (C=O) groups is 2. The van der Waals surface area contributed by atoms with Crippen LogP contribution >= 0.6 is 23.1 Å². The molecule has 1 fully saturated rings. The van der Waals surface area contributed by atoms with E-state index in [1.165, 1.54) is 28.5 Å². The van der Waals surface area contributed by atoms with E-state index < -0.39 is 5.97 Å². The first-order chi connectivity index (χ1) is 13.0. The van der Waals surface area contributed by atoms with Crippen LogP contribution in [0.3, 0.4) is 0 Å². The quantitative estimate of drug-likeness (QED) is 0.483. The SMILES string of the molecule is COCCN(CCOC)CC1CCC(=O)N1CCSc1nc(C(=O)O)cs1. The van der Waals surface area contributed by atoms with Crippen LogP contribution in [0.25, 0.3) is 0 Å². The van der Waals surface area contributed by atoms with Crippen molar-refractivity contribution >= 4 is 35.0 Å². The van der Waals surface area contributed by atoms with Crippen molar-refractivity contribution in [3.05, 3.63) is 11.1 Å². The minimum atomic E-state index is -1.01. The summed E-state index contributed by atoms with van der Waals surface area (Å²) in [5.41, 5.74) is 0.0737. The number of thiazole rings is 1. The highest BCUT2D eigenvalue weighted by Gasteiger charge is 2.31. The monoisotopic (exact) mass is 417 g/mol. The normalized spacial score (nSPS) is 17.2. The van der Waals surface area contributed by atoms with Gasteiger partial charge in [0.05, 0.1) is 13.2 Å². The fourth-order valence-corrected chi connectivity index (χ4v) is 4.79. The first-order valence-electron chi connectivity index (χ1n) is 8.86. The first kappa shape index (κ1) is 22.1. The molecule has 0 spiro atoms. The predicted octanol–water partition coefficient (Wildman–Crippen LogP) is 1.52. The number of likely N-dealkylation sites (tertiary alicyclic amines) is 1. The van der Waals surface area contributed by atoms with Crippen molar-refractivity contribution in [1.82, 2.24) is 14.8 Å². The van der Waals surface area contributed by atoms with E-state index in [1.807, 2.05) is 4.90 Å². The van der Waals surface area contributed by atoms with Crippen LogP contribution in [-0.2, 0) is 14.3 Å². The lowest BCUT2D eigenvalue weighted by Gasteiger charge is -2.30. The van der Waals surface area contributed by atoms with Crippen LogP contribution in [0.1, 0.15) is 23.3 Å². The number of thioether (sulfide) groups is 1. The fourth-order valence-electron chi connectivity index (χ4n) is 2.98. The van der Waals surface area contributed by atoms with Gasteiger partial charge in [-0.2, -0.15) is 0 Å². The third kappa shape index (κ3) is 7.04. The summed E-state index contributed by atoms with van der Waals surface area (Å²) in [5, 5.41) is 10.5. The molecule has 1 N–H and O–H groups in total.